The molecule has 0 fully saturated rings. The average molecular weight is 334 g/mol. The number of aromatic nitrogens is 2. The van der Waals surface area contributed by atoms with Gasteiger partial charge >= 0.3 is 0 Å². The van der Waals surface area contributed by atoms with Gasteiger partial charge in [0.1, 0.15) is 5.52 Å². The van der Waals surface area contributed by atoms with Crippen LogP contribution in [0.15, 0.2) is 34.8 Å². The molecule has 5 heteroatoms. The van der Waals surface area contributed by atoms with E-state index in [0.717, 1.165) is 21.3 Å². The van der Waals surface area contributed by atoms with Crippen molar-refractivity contribution in [2.75, 3.05) is 5.73 Å². The fourth-order valence-corrected chi connectivity index (χ4v) is 2.64. The Morgan fingerprint density at radius 2 is 1.85 bits per heavy atom. The summed E-state index contributed by atoms with van der Waals surface area (Å²) in [4.78, 5) is 4.12. The number of fused-ring (bicyclic) bond motifs is 1. The van der Waals surface area contributed by atoms with Gasteiger partial charge in [-0.25, -0.2) is 9.37 Å². The van der Waals surface area contributed by atoms with Crippen LogP contribution in [0.2, 0.25) is 0 Å². The molecule has 0 saturated carbocycles. The highest BCUT2D eigenvalue weighted by Crippen LogP contribution is 2.29. The normalized spacial score (nSPS) is 11.2. The first kappa shape index (κ1) is 13.1. The number of halogens is 2. The van der Waals surface area contributed by atoms with Crippen molar-refractivity contribution < 1.29 is 4.39 Å². The van der Waals surface area contributed by atoms with Crippen LogP contribution >= 0.6 is 15.9 Å². The maximum Gasteiger partial charge on any atom is 0.206 e. The topological polar surface area (TPSA) is 43.8 Å². The fourth-order valence-electron chi connectivity index (χ4n) is 2.41. The van der Waals surface area contributed by atoms with E-state index >= 15 is 0 Å². The number of anilines is 1. The zero-order valence-electron chi connectivity index (χ0n) is 11.1. The number of hydrogen-bond donors (Lipinski definition) is 1. The molecule has 20 heavy (non-hydrogen) atoms. The van der Waals surface area contributed by atoms with Crippen molar-refractivity contribution in [1.82, 2.24) is 9.55 Å². The summed E-state index contributed by atoms with van der Waals surface area (Å²) in [6, 6.07) is 8.86. The Balaban J connectivity index is 2.35. The van der Waals surface area contributed by atoms with E-state index in [1.54, 1.807) is 10.6 Å². The summed E-state index contributed by atoms with van der Waals surface area (Å²) < 4.78 is 16.6. The van der Waals surface area contributed by atoms with Gasteiger partial charge in [-0.2, -0.15) is 0 Å². The van der Waals surface area contributed by atoms with Crippen molar-refractivity contribution in [2.24, 2.45) is 0 Å². The van der Waals surface area contributed by atoms with Gasteiger partial charge in [-0.3, -0.25) is 4.57 Å². The van der Waals surface area contributed by atoms with Crippen molar-refractivity contribution in [1.29, 1.82) is 0 Å². The largest absolute Gasteiger partial charge is 0.369 e. The highest BCUT2D eigenvalue weighted by molar-refractivity contribution is 9.10. The SMILES string of the molecule is Cc1cc(-n2c(N)nc3c(F)cccc32)cc(C)c1Br. The molecule has 0 atom stereocenters. The molecular formula is C15H13BrFN3. The van der Waals surface area contributed by atoms with E-state index in [0.29, 0.717) is 11.0 Å². The van der Waals surface area contributed by atoms with Gasteiger partial charge in [-0.1, -0.05) is 22.0 Å². The maximum atomic E-state index is 13.8. The second-order valence-corrected chi connectivity index (χ2v) is 5.60. The quantitative estimate of drug-likeness (QED) is 0.727. The predicted octanol–water partition coefficient (Wildman–Crippen LogP) is 4.13. The highest BCUT2D eigenvalue weighted by atomic mass is 79.9. The Bertz CT molecular complexity index is 800. The molecule has 0 spiro atoms. The Morgan fingerprint density at radius 1 is 1.20 bits per heavy atom. The summed E-state index contributed by atoms with van der Waals surface area (Å²) in [6.07, 6.45) is 0. The summed E-state index contributed by atoms with van der Waals surface area (Å²) in [5, 5.41) is 0. The van der Waals surface area contributed by atoms with E-state index in [-0.39, 0.29) is 11.8 Å². The smallest absolute Gasteiger partial charge is 0.206 e. The van der Waals surface area contributed by atoms with Crippen molar-refractivity contribution in [3.05, 3.63) is 51.7 Å². The van der Waals surface area contributed by atoms with Gasteiger partial charge in [0.15, 0.2) is 5.82 Å². The minimum atomic E-state index is -0.362. The maximum absolute atomic E-state index is 13.8. The second-order valence-electron chi connectivity index (χ2n) is 4.81. The number of benzene rings is 2. The second kappa shape index (κ2) is 4.59. The van der Waals surface area contributed by atoms with Gasteiger partial charge in [0.2, 0.25) is 5.95 Å². The Morgan fingerprint density at radius 3 is 2.50 bits per heavy atom. The average Bonchev–Trinajstić information content (AvgIpc) is 2.73. The summed E-state index contributed by atoms with van der Waals surface area (Å²) >= 11 is 3.54. The molecule has 0 saturated heterocycles. The van der Waals surface area contributed by atoms with E-state index in [4.69, 9.17) is 5.73 Å². The van der Waals surface area contributed by atoms with Gasteiger partial charge < -0.3 is 5.73 Å². The molecule has 2 N–H and O–H groups in total. The molecule has 0 aliphatic heterocycles. The highest BCUT2D eigenvalue weighted by Gasteiger charge is 2.14. The molecule has 3 rings (SSSR count). The van der Waals surface area contributed by atoms with Crippen LogP contribution in [0.1, 0.15) is 11.1 Å². The van der Waals surface area contributed by atoms with Crippen LogP contribution in [0.25, 0.3) is 16.7 Å². The molecule has 1 heterocycles. The number of nitrogens with zero attached hydrogens (tertiary/aromatic N) is 2. The minimum absolute atomic E-state index is 0.284. The molecule has 0 aliphatic carbocycles. The zero-order chi connectivity index (χ0) is 14.4. The van der Waals surface area contributed by atoms with Crippen LogP contribution in [0.4, 0.5) is 10.3 Å². The van der Waals surface area contributed by atoms with Gasteiger partial charge in [0.25, 0.3) is 0 Å². The van der Waals surface area contributed by atoms with Crippen LogP contribution in [0, 0.1) is 19.7 Å². The first-order chi connectivity index (χ1) is 9.49. The van der Waals surface area contributed by atoms with E-state index in [1.165, 1.54) is 6.07 Å². The molecule has 0 aliphatic rings. The molecule has 0 radical (unpaired) electrons. The van der Waals surface area contributed by atoms with Crippen LogP contribution in [-0.2, 0) is 0 Å². The van der Waals surface area contributed by atoms with E-state index in [9.17, 15) is 4.39 Å². The summed E-state index contributed by atoms with van der Waals surface area (Å²) in [7, 11) is 0. The molecule has 2 aromatic carbocycles. The van der Waals surface area contributed by atoms with Crippen molar-refractivity contribution >= 4 is 32.9 Å². The molecular weight excluding hydrogens is 321 g/mol. The van der Waals surface area contributed by atoms with Gasteiger partial charge in [-0.15, -0.1) is 0 Å². The third-order valence-corrected chi connectivity index (χ3v) is 4.59. The van der Waals surface area contributed by atoms with Crippen molar-refractivity contribution in [3.63, 3.8) is 0 Å². The van der Waals surface area contributed by atoms with Crippen molar-refractivity contribution in [3.8, 4) is 5.69 Å². The Hall–Kier alpha value is -1.88. The van der Waals surface area contributed by atoms with Gasteiger partial charge in [0, 0.05) is 10.2 Å². The number of para-hydroxylation sites is 1. The molecule has 3 aromatic rings. The minimum Gasteiger partial charge on any atom is -0.369 e. The number of imidazole rings is 1. The molecule has 0 unspecified atom stereocenters. The Kier molecular flexibility index (Phi) is 3.01. The van der Waals surface area contributed by atoms with E-state index in [2.05, 4.69) is 20.9 Å². The number of nitrogen functional groups attached to an aromatic ring is 1. The lowest BCUT2D eigenvalue weighted by Crippen LogP contribution is -2.01. The number of rotatable bonds is 1. The molecule has 0 amide bonds. The van der Waals surface area contributed by atoms with Crippen LogP contribution in [0.3, 0.4) is 0 Å². The lowest BCUT2D eigenvalue weighted by molar-refractivity contribution is 0.637. The monoisotopic (exact) mass is 333 g/mol. The van der Waals surface area contributed by atoms with Crippen LogP contribution < -0.4 is 5.73 Å². The number of nitrogens with two attached hydrogens (primary N) is 1. The van der Waals surface area contributed by atoms with Crippen LogP contribution in [0.5, 0.6) is 0 Å². The van der Waals surface area contributed by atoms with E-state index < -0.39 is 0 Å². The number of aryl methyl sites for hydroxylation is 2. The first-order valence-electron chi connectivity index (χ1n) is 6.18. The lowest BCUT2D eigenvalue weighted by atomic mass is 10.1. The predicted molar refractivity (Wildman–Crippen MR) is 82.6 cm³/mol. The Labute approximate surface area is 124 Å². The third kappa shape index (κ3) is 1.89. The zero-order valence-corrected chi connectivity index (χ0v) is 12.7. The fraction of sp³-hybridized carbons (Fsp3) is 0.133. The molecule has 102 valence electrons. The van der Waals surface area contributed by atoms with Gasteiger partial charge in [0.05, 0.1) is 5.52 Å². The first-order valence-corrected chi connectivity index (χ1v) is 6.98. The molecule has 3 nitrogen and oxygen atoms in total. The summed E-state index contributed by atoms with van der Waals surface area (Å²) in [5.41, 5.74) is 10.0. The molecule has 1 aromatic heterocycles. The van der Waals surface area contributed by atoms with Gasteiger partial charge in [-0.05, 0) is 49.2 Å². The molecule has 0 bridgehead atoms. The van der Waals surface area contributed by atoms with Crippen LogP contribution in [-0.4, -0.2) is 9.55 Å². The van der Waals surface area contributed by atoms with E-state index in [1.807, 2.05) is 32.0 Å². The van der Waals surface area contributed by atoms with Crippen molar-refractivity contribution in [2.45, 2.75) is 13.8 Å². The standard InChI is InChI=1S/C15H13BrFN3/c1-8-6-10(7-9(2)13(8)16)20-12-5-3-4-11(17)14(12)19-15(20)18/h3-7H,1-2H3,(H2,18,19). The lowest BCUT2D eigenvalue weighted by Gasteiger charge is -2.11. The number of hydrogen-bond acceptors (Lipinski definition) is 2. The summed E-state index contributed by atoms with van der Waals surface area (Å²) in [5.74, 6) is -0.0790. The summed E-state index contributed by atoms with van der Waals surface area (Å²) in [6.45, 7) is 4.02. The third-order valence-electron chi connectivity index (χ3n) is 3.34.